The number of carboxylic acid groups (broad SMARTS) is 1. The van der Waals surface area contributed by atoms with Crippen LogP contribution in [0.2, 0.25) is 0 Å². The van der Waals surface area contributed by atoms with E-state index >= 15 is 0 Å². The van der Waals surface area contributed by atoms with Crippen LogP contribution in [-0.4, -0.2) is 24.2 Å². The van der Waals surface area contributed by atoms with E-state index in [4.69, 9.17) is 4.74 Å². The van der Waals surface area contributed by atoms with Crippen LogP contribution >= 0.6 is 0 Å². The van der Waals surface area contributed by atoms with E-state index < -0.39 is 5.97 Å². The number of para-hydroxylation sites is 1. The molecule has 0 spiro atoms. The average Bonchev–Trinajstić information content (AvgIpc) is 2.87. The van der Waals surface area contributed by atoms with Crippen LogP contribution < -0.4 is 15.0 Å². The molecule has 0 aromatic heterocycles. The molecule has 184 valence electrons. The molecule has 4 rings (SSSR count). The van der Waals surface area contributed by atoms with Crippen LogP contribution in [0.4, 0.5) is 17.1 Å². The fourth-order valence-corrected chi connectivity index (χ4v) is 4.56. The van der Waals surface area contributed by atoms with Gasteiger partial charge in [-0.2, -0.15) is 0 Å². The van der Waals surface area contributed by atoms with Crippen molar-refractivity contribution in [3.8, 4) is 11.5 Å². The lowest BCUT2D eigenvalue weighted by atomic mass is 10.0. The van der Waals surface area contributed by atoms with E-state index in [0.29, 0.717) is 11.4 Å². The van der Waals surface area contributed by atoms with Crippen LogP contribution in [0.15, 0.2) is 60.7 Å². The fourth-order valence-electron chi connectivity index (χ4n) is 4.56. The third-order valence-electron chi connectivity index (χ3n) is 6.55. The first-order chi connectivity index (χ1) is 17.1. The number of benzene rings is 3. The molecule has 0 unspecified atom stereocenters. The van der Waals surface area contributed by atoms with Gasteiger partial charge in [0.2, 0.25) is 0 Å². The third-order valence-corrected chi connectivity index (χ3v) is 6.55. The molecule has 0 saturated heterocycles. The van der Waals surface area contributed by atoms with Gasteiger partial charge in [-0.05, 0) is 79.6 Å². The van der Waals surface area contributed by atoms with Crippen molar-refractivity contribution in [3.05, 3.63) is 77.4 Å². The summed E-state index contributed by atoms with van der Waals surface area (Å²) in [7, 11) is 0. The van der Waals surface area contributed by atoms with Crippen LogP contribution in [0.5, 0.6) is 11.5 Å². The highest BCUT2D eigenvalue weighted by atomic mass is 16.5. The summed E-state index contributed by atoms with van der Waals surface area (Å²) in [5.41, 5.74) is 5.45. The minimum atomic E-state index is -0.971. The van der Waals surface area contributed by atoms with Crippen molar-refractivity contribution < 1.29 is 14.6 Å². The van der Waals surface area contributed by atoms with E-state index in [2.05, 4.69) is 60.5 Å². The molecule has 0 amide bonds. The first-order valence-electron chi connectivity index (χ1n) is 12.9. The molecule has 0 radical (unpaired) electrons. The molecule has 0 saturated carbocycles. The van der Waals surface area contributed by atoms with Crippen LogP contribution in [0.3, 0.4) is 0 Å². The maximum Gasteiger partial charge on any atom is 0.337 e. The zero-order valence-corrected chi connectivity index (χ0v) is 20.8. The molecule has 5 heteroatoms. The molecule has 1 aliphatic rings. The third kappa shape index (κ3) is 6.16. The summed E-state index contributed by atoms with van der Waals surface area (Å²) in [6.45, 7) is 6.75. The van der Waals surface area contributed by atoms with Gasteiger partial charge in [-0.1, -0.05) is 51.0 Å². The topological polar surface area (TPSA) is 61.8 Å². The number of hydrogen-bond donors (Lipinski definition) is 2. The molecule has 2 N–H and O–H groups in total. The Balaban J connectivity index is 1.38. The van der Waals surface area contributed by atoms with Crippen LogP contribution in [0, 0.1) is 0 Å². The summed E-state index contributed by atoms with van der Waals surface area (Å²) in [4.78, 5) is 14.1. The first kappa shape index (κ1) is 24.6. The highest BCUT2D eigenvalue weighted by Gasteiger charge is 2.22. The molecular weight excluding hydrogens is 436 g/mol. The Bertz CT molecular complexity index is 1150. The Morgan fingerprint density at radius 2 is 1.57 bits per heavy atom. The van der Waals surface area contributed by atoms with E-state index in [1.54, 1.807) is 18.2 Å². The maximum atomic E-state index is 11.5. The number of nitrogens with zero attached hydrogens (tertiary/aromatic N) is 1. The molecule has 3 aromatic carbocycles. The molecule has 0 aliphatic carbocycles. The number of carbonyl (C=O) groups is 1. The van der Waals surface area contributed by atoms with Gasteiger partial charge in [0.05, 0.1) is 16.9 Å². The Morgan fingerprint density at radius 3 is 2.29 bits per heavy atom. The van der Waals surface area contributed by atoms with E-state index in [0.717, 1.165) is 43.8 Å². The van der Waals surface area contributed by atoms with Crippen molar-refractivity contribution in [1.82, 2.24) is 0 Å². The van der Waals surface area contributed by atoms with Crippen LogP contribution in [0.25, 0.3) is 0 Å². The molecule has 1 heterocycles. The number of fused-ring (bicyclic) bond motifs is 2. The number of nitrogens with one attached hydrogen (secondary N) is 1. The molecule has 1 aliphatic heterocycles. The quantitative estimate of drug-likeness (QED) is 0.220. The number of hydrogen-bond acceptors (Lipinski definition) is 4. The van der Waals surface area contributed by atoms with Gasteiger partial charge in [-0.15, -0.1) is 0 Å². The van der Waals surface area contributed by atoms with Gasteiger partial charge in [0.15, 0.2) is 11.5 Å². The summed E-state index contributed by atoms with van der Waals surface area (Å²) >= 11 is 0. The largest absolute Gasteiger partial charge is 0.478 e. The SMILES string of the molecule is CCCCN(CCCC)c1cccc(CCCc2ccc3c(c2)Oc2cccc(C(=O)O)c2N3)c1. The number of ether oxygens (including phenoxy) is 1. The van der Waals surface area contributed by atoms with Crippen molar-refractivity contribution in [2.45, 2.75) is 58.8 Å². The smallest absolute Gasteiger partial charge is 0.337 e. The highest BCUT2D eigenvalue weighted by Crippen LogP contribution is 2.44. The van der Waals surface area contributed by atoms with Gasteiger partial charge in [0.1, 0.15) is 0 Å². The minimum Gasteiger partial charge on any atom is -0.478 e. The summed E-state index contributed by atoms with van der Waals surface area (Å²) in [6.07, 6.45) is 7.93. The summed E-state index contributed by atoms with van der Waals surface area (Å²) in [6, 6.07) is 20.3. The standard InChI is InChI=1S/C30H36N2O3/c1-3-5-18-32(19-6-4-2)24-13-8-12-22(20-24)10-7-11-23-16-17-26-28(21-23)35-27-15-9-14-25(30(33)34)29(27)31-26/h8-9,12-17,20-21,31H,3-7,10-11,18-19H2,1-2H3,(H,33,34). The summed E-state index contributed by atoms with van der Waals surface area (Å²) in [5.74, 6) is 0.310. The fraction of sp³-hybridized carbons (Fsp3) is 0.367. The Hall–Kier alpha value is -3.47. The lowest BCUT2D eigenvalue weighted by Gasteiger charge is -2.25. The Kier molecular flexibility index (Phi) is 8.30. The minimum absolute atomic E-state index is 0.211. The molecule has 3 aromatic rings. The second kappa shape index (κ2) is 11.8. The van der Waals surface area contributed by atoms with Crippen LogP contribution in [-0.2, 0) is 12.8 Å². The number of rotatable bonds is 12. The maximum absolute atomic E-state index is 11.5. The summed E-state index contributed by atoms with van der Waals surface area (Å²) < 4.78 is 6.05. The van der Waals surface area contributed by atoms with Crippen molar-refractivity contribution in [1.29, 1.82) is 0 Å². The molecule has 0 fully saturated rings. The molecular formula is C30H36N2O3. The van der Waals surface area contributed by atoms with E-state index in [1.807, 2.05) is 6.07 Å². The van der Waals surface area contributed by atoms with Gasteiger partial charge in [0, 0.05) is 18.8 Å². The second-order valence-corrected chi connectivity index (χ2v) is 9.26. The number of carboxylic acids is 1. The average molecular weight is 473 g/mol. The van der Waals surface area contributed by atoms with E-state index in [1.165, 1.54) is 42.5 Å². The molecule has 0 bridgehead atoms. The van der Waals surface area contributed by atoms with Gasteiger partial charge in [-0.3, -0.25) is 0 Å². The molecule has 0 atom stereocenters. The molecule has 5 nitrogen and oxygen atoms in total. The monoisotopic (exact) mass is 472 g/mol. The van der Waals surface area contributed by atoms with E-state index in [9.17, 15) is 9.90 Å². The zero-order valence-electron chi connectivity index (χ0n) is 20.8. The predicted octanol–water partition coefficient (Wildman–Crippen LogP) is 7.82. The number of aromatic carboxylic acids is 1. The predicted molar refractivity (Wildman–Crippen MR) is 144 cm³/mol. The number of unbranched alkanes of at least 4 members (excludes halogenated alkanes) is 2. The van der Waals surface area contributed by atoms with E-state index in [-0.39, 0.29) is 5.56 Å². The van der Waals surface area contributed by atoms with Crippen molar-refractivity contribution in [2.75, 3.05) is 23.3 Å². The number of anilines is 3. The Morgan fingerprint density at radius 1 is 0.857 bits per heavy atom. The zero-order chi connectivity index (χ0) is 24.6. The second-order valence-electron chi connectivity index (χ2n) is 9.26. The van der Waals surface area contributed by atoms with Crippen molar-refractivity contribution in [2.24, 2.45) is 0 Å². The Labute approximate surface area is 208 Å². The van der Waals surface area contributed by atoms with Gasteiger partial charge in [0.25, 0.3) is 0 Å². The van der Waals surface area contributed by atoms with Gasteiger partial charge in [-0.25, -0.2) is 4.79 Å². The van der Waals surface area contributed by atoms with Crippen molar-refractivity contribution >= 4 is 23.0 Å². The van der Waals surface area contributed by atoms with Crippen molar-refractivity contribution in [3.63, 3.8) is 0 Å². The van der Waals surface area contributed by atoms with Gasteiger partial charge >= 0.3 is 5.97 Å². The van der Waals surface area contributed by atoms with Crippen LogP contribution in [0.1, 0.15) is 67.4 Å². The molecule has 35 heavy (non-hydrogen) atoms. The normalized spacial score (nSPS) is 11.7. The summed E-state index contributed by atoms with van der Waals surface area (Å²) in [5, 5.41) is 12.7. The lowest BCUT2D eigenvalue weighted by molar-refractivity contribution is 0.0697. The highest BCUT2D eigenvalue weighted by molar-refractivity contribution is 5.98. The first-order valence-corrected chi connectivity index (χ1v) is 12.9. The lowest BCUT2D eigenvalue weighted by Crippen LogP contribution is -2.25. The van der Waals surface area contributed by atoms with Gasteiger partial charge < -0.3 is 20.1 Å². The number of aryl methyl sites for hydroxylation is 2.